The first kappa shape index (κ1) is 13.9. The van der Waals surface area contributed by atoms with Gasteiger partial charge in [-0.25, -0.2) is 4.98 Å². The molecule has 2 aromatic rings. The van der Waals surface area contributed by atoms with Gasteiger partial charge in [-0.1, -0.05) is 0 Å². The summed E-state index contributed by atoms with van der Waals surface area (Å²) in [5.74, 6) is 2.53. The number of aromatic nitrogens is 4. The number of nitrogens with one attached hydrogen (secondary N) is 1. The molecule has 6 nitrogen and oxygen atoms in total. The van der Waals surface area contributed by atoms with Gasteiger partial charge in [-0.2, -0.15) is 9.47 Å². The van der Waals surface area contributed by atoms with E-state index >= 15 is 0 Å². The van der Waals surface area contributed by atoms with Crippen molar-refractivity contribution < 1.29 is 0 Å². The summed E-state index contributed by atoms with van der Waals surface area (Å²) >= 11 is 1.43. The van der Waals surface area contributed by atoms with Crippen molar-refractivity contribution in [1.82, 2.24) is 19.6 Å². The summed E-state index contributed by atoms with van der Waals surface area (Å²) in [6.07, 6.45) is 4.79. The lowest BCUT2D eigenvalue weighted by molar-refractivity contribution is 0.424. The van der Waals surface area contributed by atoms with Crippen LogP contribution in [0.1, 0.15) is 29.9 Å². The minimum Gasteiger partial charge on any atom is -0.360 e. The van der Waals surface area contributed by atoms with Gasteiger partial charge < -0.3 is 10.2 Å². The van der Waals surface area contributed by atoms with E-state index in [9.17, 15) is 0 Å². The monoisotopic (exact) mass is 316 g/mol. The van der Waals surface area contributed by atoms with E-state index in [0.29, 0.717) is 5.92 Å². The summed E-state index contributed by atoms with van der Waals surface area (Å²) in [4.78, 5) is 6.65. The van der Waals surface area contributed by atoms with Crippen LogP contribution in [0.5, 0.6) is 0 Å². The molecule has 0 amide bonds. The molecule has 7 heteroatoms. The van der Waals surface area contributed by atoms with Crippen molar-refractivity contribution in [3.05, 3.63) is 23.1 Å². The number of aryl methyl sites for hydroxylation is 3. The average molecular weight is 316 g/mol. The van der Waals surface area contributed by atoms with Crippen LogP contribution in [0.4, 0.5) is 10.9 Å². The van der Waals surface area contributed by atoms with E-state index in [0.717, 1.165) is 49.2 Å². The fraction of sp³-hybridized carbons (Fsp3) is 0.600. The molecule has 116 valence electrons. The summed E-state index contributed by atoms with van der Waals surface area (Å²) in [5, 5.41) is 13.1. The van der Waals surface area contributed by atoms with Crippen LogP contribution >= 0.6 is 11.5 Å². The van der Waals surface area contributed by atoms with Gasteiger partial charge >= 0.3 is 0 Å². The Hall–Kier alpha value is -1.76. The molecule has 1 aliphatic carbocycles. The Kier molecular flexibility index (Phi) is 3.65. The van der Waals surface area contributed by atoms with Crippen LogP contribution in [0, 0.1) is 12.8 Å². The summed E-state index contributed by atoms with van der Waals surface area (Å²) < 4.78 is 4.18. The Labute approximate surface area is 134 Å². The van der Waals surface area contributed by atoms with Crippen molar-refractivity contribution in [2.75, 3.05) is 29.9 Å². The standard InChI is InChI=1S/C15H20N6S/c1-10-17-15(22-20-10)16-7-11-8-21(9-11)14-6-12-4-2-3-5-13(12)18-19-14/h6,11H,2-5,7-9H2,1H3,(H,16,17,20). The van der Waals surface area contributed by atoms with E-state index in [4.69, 9.17) is 0 Å². The number of nitrogens with zero attached hydrogens (tertiary/aromatic N) is 5. The molecule has 3 heterocycles. The number of rotatable bonds is 4. The third-order valence-electron chi connectivity index (χ3n) is 4.41. The van der Waals surface area contributed by atoms with Crippen LogP contribution in [0.15, 0.2) is 6.07 Å². The van der Waals surface area contributed by atoms with Gasteiger partial charge in [0.1, 0.15) is 5.82 Å². The van der Waals surface area contributed by atoms with Gasteiger partial charge in [0.05, 0.1) is 5.69 Å². The molecule has 1 fully saturated rings. The number of fused-ring (bicyclic) bond motifs is 1. The van der Waals surface area contributed by atoms with Gasteiger partial charge in [-0.3, -0.25) is 0 Å². The second-order valence-electron chi connectivity index (χ2n) is 6.18. The highest BCUT2D eigenvalue weighted by Gasteiger charge is 2.28. The van der Waals surface area contributed by atoms with Crippen molar-refractivity contribution in [2.24, 2.45) is 5.92 Å². The largest absolute Gasteiger partial charge is 0.360 e. The predicted molar refractivity (Wildman–Crippen MR) is 87.5 cm³/mol. The van der Waals surface area contributed by atoms with Gasteiger partial charge in [0, 0.05) is 37.1 Å². The van der Waals surface area contributed by atoms with Gasteiger partial charge in [0.2, 0.25) is 5.13 Å². The first-order chi connectivity index (χ1) is 10.8. The molecule has 0 unspecified atom stereocenters. The zero-order chi connectivity index (χ0) is 14.9. The third kappa shape index (κ3) is 2.77. The van der Waals surface area contributed by atoms with Crippen LogP contribution in [-0.2, 0) is 12.8 Å². The fourth-order valence-corrected chi connectivity index (χ4v) is 3.70. The highest BCUT2D eigenvalue weighted by Crippen LogP contribution is 2.27. The molecule has 2 aliphatic rings. The van der Waals surface area contributed by atoms with Crippen molar-refractivity contribution in [3.8, 4) is 0 Å². The van der Waals surface area contributed by atoms with Crippen molar-refractivity contribution in [1.29, 1.82) is 0 Å². The Bertz CT molecular complexity index is 664. The second kappa shape index (κ2) is 5.79. The quantitative estimate of drug-likeness (QED) is 0.931. The third-order valence-corrected chi connectivity index (χ3v) is 5.17. The maximum absolute atomic E-state index is 4.42. The summed E-state index contributed by atoms with van der Waals surface area (Å²) in [6, 6.07) is 2.25. The zero-order valence-electron chi connectivity index (χ0n) is 12.7. The maximum atomic E-state index is 4.42. The molecule has 22 heavy (non-hydrogen) atoms. The van der Waals surface area contributed by atoms with E-state index in [1.165, 1.54) is 35.6 Å². The first-order valence-electron chi connectivity index (χ1n) is 7.92. The average Bonchev–Trinajstić information content (AvgIpc) is 2.91. The van der Waals surface area contributed by atoms with E-state index in [1.54, 1.807) is 0 Å². The fourth-order valence-electron chi connectivity index (χ4n) is 3.12. The lowest BCUT2D eigenvalue weighted by atomic mass is 9.95. The van der Waals surface area contributed by atoms with Gasteiger partial charge in [0.25, 0.3) is 0 Å². The number of anilines is 2. The van der Waals surface area contributed by atoms with Crippen molar-refractivity contribution >= 4 is 22.5 Å². The summed E-state index contributed by atoms with van der Waals surface area (Å²) in [5.41, 5.74) is 2.61. The summed E-state index contributed by atoms with van der Waals surface area (Å²) in [7, 11) is 0. The Morgan fingerprint density at radius 2 is 2.14 bits per heavy atom. The molecule has 0 spiro atoms. The zero-order valence-corrected chi connectivity index (χ0v) is 13.6. The van der Waals surface area contributed by atoms with Crippen LogP contribution < -0.4 is 10.2 Å². The molecule has 1 aliphatic heterocycles. The minimum absolute atomic E-state index is 0.641. The van der Waals surface area contributed by atoms with Crippen LogP contribution in [0.2, 0.25) is 0 Å². The van der Waals surface area contributed by atoms with Crippen molar-refractivity contribution in [2.45, 2.75) is 32.6 Å². The molecule has 0 radical (unpaired) electrons. The highest BCUT2D eigenvalue weighted by molar-refractivity contribution is 7.09. The van der Waals surface area contributed by atoms with E-state index in [2.05, 4.69) is 35.8 Å². The molecular formula is C15H20N6S. The molecule has 4 rings (SSSR count). The van der Waals surface area contributed by atoms with Crippen LogP contribution in [0.3, 0.4) is 0 Å². The molecule has 1 N–H and O–H groups in total. The lowest BCUT2D eigenvalue weighted by Crippen LogP contribution is -2.50. The molecule has 0 aromatic carbocycles. The highest BCUT2D eigenvalue weighted by atomic mass is 32.1. The van der Waals surface area contributed by atoms with Gasteiger partial charge in [-0.05, 0) is 44.2 Å². The van der Waals surface area contributed by atoms with Gasteiger partial charge in [-0.15, -0.1) is 5.10 Å². The lowest BCUT2D eigenvalue weighted by Gasteiger charge is -2.40. The smallest absolute Gasteiger partial charge is 0.202 e. The number of hydrogen-bond acceptors (Lipinski definition) is 7. The van der Waals surface area contributed by atoms with Gasteiger partial charge in [0.15, 0.2) is 5.82 Å². The van der Waals surface area contributed by atoms with E-state index in [-0.39, 0.29) is 0 Å². The molecule has 2 aromatic heterocycles. The van der Waals surface area contributed by atoms with Crippen molar-refractivity contribution in [3.63, 3.8) is 0 Å². The second-order valence-corrected chi connectivity index (χ2v) is 6.93. The maximum Gasteiger partial charge on any atom is 0.202 e. The Morgan fingerprint density at radius 3 is 2.95 bits per heavy atom. The Morgan fingerprint density at radius 1 is 1.27 bits per heavy atom. The van der Waals surface area contributed by atoms with Crippen LogP contribution in [0.25, 0.3) is 0 Å². The topological polar surface area (TPSA) is 66.8 Å². The number of hydrogen-bond donors (Lipinski definition) is 1. The molecular weight excluding hydrogens is 296 g/mol. The minimum atomic E-state index is 0.641. The summed E-state index contributed by atoms with van der Waals surface area (Å²) in [6.45, 7) is 4.95. The SMILES string of the molecule is Cc1nsc(NCC2CN(c3cc4c(nn3)CCCC4)C2)n1. The molecule has 0 saturated carbocycles. The van der Waals surface area contributed by atoms with Crippen LogP contribution in [-0.4, -0.2) is 39.2 Å². The molecule has 0 bridgehead atoms. The normalized spacial score (nSPS) is 18.0. The Balaban J connectivity index is 1.31. The van der Waals surface area contributed by atoms with E-state index in [1.807, 2.05) is 6.92 Å². The molecule has 1 saturated heterocycles. The first-order valence-corrected chi connectivity index (χ1v) is 8.70. The van der Waals surface area contributed by atoms with E-state index < -0.39 is 0 Å². The predicted octanol–water partition coefficient (Wildman–Crippen LogP) is 2.06. The molecule has 0 atom stereocenters.